The number of ether oxygens (including phenoxy) is 1. The van der Waals surface area contributed by atoms with E-state index in [1.807, 2.05) is 31.2 Å². The van der Waals surface area contributed by atoms with Crippen LogP contribution in [-0.4, -0.2) is 19.6 Å². The average Bonchev–Trinajstić information content (AvgIpc) is 2.67. The van der Waals surface area contributed by atoms with Gasteiger partial charge in [0, 0.05) is 26.7 Å². The Balaban J connectivity index is 1.82. The SMILES string of the molecule is CCOCc1ccc(CNC(=NC)NCc2ccc(C(F)(F)F)cc2)cc1. The molecule has 0 saturated carbocycles. The predicted octanol–water partition coefficient (Wildman–Crippen LogP) is 4.11. The first-order valence-corrected chi connectivity index (χ1v) is 8.68. The fourth-order valence-electron chi connectivity index (χ4n) is 2.38. The molecular weight excluding hydrogens is 355 g/mol. The summed E-state index contributed by atoms with van der Waals surface area (Å²) in [4.78, 5) is 4.13. The van der Waals surface area contributed by atoms with Gasteiger partial charge in [0.25, 0.3) is 0 Å². The molecule has 2 N–H and O–H groups in total. The largest absolute Gasteiger partial charge is 0.416 e. The molecule has 0 unspecified atom stereocenters. The molecular formula is C20H24F3N3O. The first-order chi connectivity index (χ1) is 12.9. The number of aliphatic imine (C=N–C) groups is 1. The van der Waals surface area contributed by atoms with Crippen LogP contribution in [0, 0.1) is 0 Å². The summed E-state index contributed by atoms with van der Waals surface area (Å²) in [5, 5.41) is 6.27. The second kappa shape index (κ2) is 9.97. The maximum absolute atomic E-state index is 12.6. The Labute approximate surface area is 157 Å². The summed E-state index contributed by atoms with van der Waals surface area (Å²) < 4.78 is 43.1. The number of alkyl halides is 3. The molecule has 0 heterocycles. The molecule has 2 aromatic rings. The first-order valence-electron chi connectivity index (χ1n) is 8.68. The molecule has 0 saturated heterocycles. The highest BCUT2D eigenvalue weighted by Crippen LogP contribution is 2.29. The minimum absolute atomic E-state index is 0.380. The van der Waals surface area contributed by atoms with E-state index >= 15 is 0 Å². The van der Waals surface area contributed by atoms with Gasteiger partial charge in [0.1, 0.15) is 0 Å². The number of halogens is 3. The molecule has 2 rings (SSSR count). The number of hydrogen-bond acceptors (Lipinski definition) is 2. The van der Waals surface area contributed by atoms with Gasteiger partial charge in [-0.25, -0.2) is 0 Å². The Kier molecular flexibility index (Phi) is 7.67. The highest BCUT2D eigenvalue weighted by Gasteiger charge is 2.29. The molecule has 0 aliphatic heterocycles. The topological polar surface area (TPSA) is 45.6 Å². The van der Waals surface area contributed by atoms with Crippen LogP contribution < -0.4 is 10.6 Å². The Morgan fingerprint density at radius 3 is 1.81 bits per heavy atom. The third-order valence-corrected chi connectivity index (χ3v) is 3.92. The van der Waals surface area contributed by atoms with Crippen LogP contribution in [0.3, 0.4) is 0 Å². The van der Waals surface area contributed by atoms with E-state index in [-0.39, 0.29) is 0 Å². The van der Waals surface area contributed by atoms with E-state index in [2.05, 4.69) is 15.6 Å². The zero-order valence-electron chi connectivity index (χ0n) is 15.4. The zero-order chi connectivity index (χ0) is 19.7. The van der Waals surface area contributed by atoms with E-state index < -0.39 is 11.7 Å². The molecule has 0 aliphatic rings. The maximum Gasteiger partial charge on any atom is 0.416 e. The molecule has 2 aromatic carbocycles. The lowest BCUT2D eigenvalue weighted by Gasteiger charge is -2.13. The van der Waals surface area contributed by atoms with Crippen molar-refractivity contribution in [2.75, 3.05) is 13.7 Å². The van der Waals surface area contributed by atoms with Crippen LogP contribution in [0.4, 0.5) is 13.2 Å². The highest BCUT2D eigenvalue weighted by atomic mass is 19.4. The summed E-state index contributed by atoms with van der Waals surface area (Å²) in [7, 11) is 1.65. The van der Waals surface area contributed by atoms with Crippen molar-refractivity contribution in [1.82, 2.24) is 10.6 Å². The van der Waals surface area contributed by atoms with Gasteiger partial charge >= 0.3 is 6.18 Å². The first kappa shape index (κ1) is 20.8. The molecule has 0 fully saturated rings. The summed E-state index contributed by atoms with van der Waals surface area (Å²) in [6, 6.07) is 13.2. The molecule has 0 amide bonds. The Morgan fingerprint density at radius 2 is 1.37 bits per heavy atom. The summed E-state index contributed by atoms with van der Waals surface area (Å²) in [6.45, 7) is 4.21. The van der Waals surface area contributed by atoms with E-state index in [1.165, 1.54) is 12.1 Å². The smallest absolute Gasteiger partial charge is 0.377 e. The van der Waals surface area contributed by atoms with Gasteiger partial charge < -0.3 is 15.4 Å². The number of guanidine groups is 1. The lowest BCUT2D eigenvalue weighted by Crippen LogP contribution is -2.36. The third-order valence-electron chi connectivity index (χ3n) is 3.92. The number of rotatable bonds is 7. The van der Waals surface area contributed by atoms with Crippen LogP contribution in [0.5, 0.6) is 0 Å². The van der Waals surface area contributed by atoms with Crippen LogP contribution in [0.1, 0.15) is 29.2 Å². The molecule has 0 aromatic heterocycles. The van der Waals surface area contributed by atoms with E-state index in [0.717, 1.165) is 28.8 Å². The standard InChI is InChI=1S/C20H24F3N3O/c1-3-27-14-17-6-4-15(5-7-17)12-25-19(24-2)26-13-16-8-10-18(11-9-16)20(21,22)23/h4-11H,3,12-14H2,1-2H3,(H2,24,25,26). The van der Waals surface area contributed by atoms with Crippen LogP contribution in [0.2, 0.25) is 0 Å². The van der Waals surface area contributed by atoms with Gasteiger partial charge in [0.15, 0.2) is 5.96 Å². The molecule has 7 heteroatoms. The van der Waals surface area contributed by atoms with Crippen molar-refractivity contribution >= 4 is 5.96 Å². The number of nitrogens with one attached hydrogen (secondary N) is 2. The zero-order valence-corrected chi connectivity index (χ0v) is 15.4. The average molecular weight is 379 g/mol. The van der Waals surface area contributed by atoms with E-state index in [1.54, 1.807) is 7.05 Å². The molecule has 0 radical (unpaired) electrons. The Morgan fingerprint density at radius 1 is 0.889 bits per heavy atom. The van der Waals surface area contributed by atoms with Crippen LogP contribution >= 0.6 is 0 Å². The highest BCUT2D eigenvalue weighted by molar-refractivity contribution is 5.79. The van der Waals surface area contributed by atoms with Crippen LogP contribution in [-0.2, 0) is 30.6 Å². The van der Waals surface area contributed by atoms with Gasteiger partial charge in [0.05, 0.1) is 12.2 Å². The lowest BCUT2D eigenvalue weighted by molar-refractivity contribution is -0.137. The molecule has 0 atom stereocenters. The lowest BCUT2D eigenvalue weighted by atomic mass is 10.1. The maximum atomic E-state index is 12.6. The normalized spacial score (nSPS) is 12.1. The number of hydrogen-bond donors (Lipinski definition) is 2. The predicted molar refractivity (Wildman–Crippen MR) is 100 cm³/mol. The van der Waals surface area contributed by atoms with E-state index in [0.29, 0.717) is 32.3 Å². The van der Waals surface area contributed by atoms with Crippen LogP contribution in [0.15, 0.2) is 53.5 Å². The number of nitrogens with zero attached hydrogens (tertiary/aromatic N) is 1. The quantitative estimate of drug-likeness (QED) is 0.562. The summed E-state index contributed by atoms with van der Waals surface area (Å²) in [5.41, 5.74) is 2.30. The second-order valence-electron chi connectivity index (χ2n) is 5.93. The summed E-state index contributed by atoms with van der Waals surface area (Å²) in [5.74, 6) is 0.577. The van der Waals surface area contributed by atoms with Gasteiger partial charge in [0.2, 0.25) is 0 Å². The molecule has 0 spiro atoms. The van der Waals surface area contributed by atoms with Crippen molar-refractivity contribution in [3.63, 3.8) is 0 Å². The van der Waals surface area contributed by atoms with Gasteiger partial charge in [-0.2, -0.15) is 13.2 Å². The van der Waals surface area contributed by atoms with Crippen molar-refractivity contribution < 1.29 is 17.9 Å². The van der Waals surface area contributed by atoms with E-state index in [4.69, 9.17) is 4.74 Å². The van der Waals surface area contributed by atoms with Crippen molar-refractivity contribution in [1.29, 1.82) is 0 Å². The third kappa shape index (κ3) is 6.94. The molecule has 4 nitrogen and oxygen atoms in total. The monoisotopic (exact) mass is 379 g/mol. The van der Waals surface area contributed by atoms with Crippen molar-refractivity contribution in [2.45, 2.75) is 32.8 Å². The molecule has 146 valence electrons. The summed E-state index contributed by atoms with van der Waals surface area (Å²) in [6.07, 6.45) is -4.32. The molecule has 0 bridgehead atoms. The minimum Gasteiger partial charge on any atom is -0.377 e. The van der Waals surface area contributed by atoms with Gasteiger partial charge in [-0.1, -0.05) is 36.4 Å². The second-order valence-corrected chi connectivity index (χ2v) is 5.93. The van der Waals surface area contributed by atoms with Gasteiger partial charge in [-0.05, 0) is 35.7 Å². The van der Waals surface area contributed by atoms with Crippen molar-refractivity contribution in [3.8, 4) is 0 Å². The van der Waals surface area contributed by atoms with E-state index in [9.17, 15) is 13.2 Å². The Hall–Kier alpha value is -2.54. The van der Waals surface area contributed by atoms with Gasteiger partial charge in [-0.3, -0.25) is 4.99 Å². The van der Waals surface area contributed by atoms with Gasteiger partial charge in [-0.15, -0.1) is 0 Å². The number of benzene rings is 2. The van der Waals surface area contributed by atoms with Crippen molar-refractivity contribution in [2.24, 2.45) is 4.99 Å². The minimum atomic E-state index is -4.32. The van der Waals surface area contributed by atoms with Crippen LogP contribution in [0.25, 0.3) is 0 Å². The fourth-order valence-corrected chi connectivity index (χ4v) is 2.38. The molecule has 0 aliphatic carbocycles. The Bertz CT molecular complexity index is 726. The summed E-state index contributed by atoms with van der Waals surface area (Å²) >= 11 is 0. The fraction of sp³-hybridized carbons (Fsp3) is 0.350. The van der Waals surface area contributed by atoms with Crippen molar-refractivity contribution in [3.05, 3.63) is 70.8 Å². The molecule has 27 heavy (non-hydrogen) atoms.